The number of pyridine rings is 2. The third kappa shape index (κ3) is 4.05. The number of rotatable bonds is 1. The Morgan fingerprint density at radius 1 is 1.26 bits per heavy atom. The third-order valence-electron chi connectivity index (χ3n) is 2.05. The highest BCUT2D eigenvalue weighted by atomic mass is 35.5. The van der Waals surface area contributed by atoms with Gasteiger partial charge < -0.3 is 5.21 Å². The van der Waals surface area contributed by atoms with Gasteiger partial charge in [0, 0.05) is 18.0 Å². The Bertz CT molecular complexity index is 635. The van der Waals surface area contributed by atoms with E-state index in [0.717, 1.165) is 11.8 Å². The van der Waals surface area contributed by atoms with Crippen molar-refractivity contribution in [3.63, 3.8) is 0 Å². The van der Waals surface area contributed by atoms with Crippen LogP contribution in [0.5, 0.6) is 0 Å². The summed E-state index contributed by atoms with van der Waals surface area (Å²) in [5.41, 5.74) is 1.06. The molecule has 0 unspecified atom stereocenters. The van der Waals surface area contributed by atoms with Crippen LogP contribution in [0.25, 0.3) is 0 Å². The smallest absolute Gasteiger partial charge is 0.150 e. The number of oxime groups is 1. The third-order valence-corrected chi connectivity index (χ3v) is 2.05. The van der Waals surface area contributed by atoms with E-state index in [1.165, 1.54) is 12.1 Å². The van der Waals surface area contributed by atoms with Crippen molar-refractivity contribution in [3.05, 3.63) is 59.4 Å². The summed E-state index contributed by atoms with van der Waals surface area (Å²) < 4.78 is 13.2. The van der Waals surface area contributed by atoms with Crippen LogP contribution in [0.2, 0.25) is 0 Å². The zero-order chi connectivity index (χ0) is 12.8. The summed E-state index contributed by atoms with van der Waals surface area (Å²) in [7, 11) is 0. The number of hydrogen-bond donors (Lipinski definition) is 1. The minimum Gasteiger partial charge on any atom is -0.411 e. The monoisotopic (exact) mass is 277 g/mol. The van der Waals surface area contributed by atoms with Crippen LogP contribution in [0, 0.1) is 17.7 Å². The van der Waals surface area contributed by atoms with Gasteiger partial charge >= 0.3 is 0 Å². The predicted molar refractivity (Wildman–Crippen MR) is 71.0 cm³/mol. The van der Waals surface area contributed by atoms with Crippen molar-refractivity contribution in [2.75, 3.05) is 0 Å². The minimum atomic E-state index is -0.570. The number of nitrogens with zero attached hydrogens (tertiary/aromatic N) is 3. The van der Waals surface area contributed by atoms with Gasteiger partial charge in [0.05, 0.1) is 6.21 Å². The van der Waals surface area contributed by atoms with Crippen LogP contribution in [0.4, 0.5) is 4.39 Å². The molecule has 96 valence electrons. The molecule has 4 nitrogen and oxygen atoms in total. The minimum absolute atomic E-state index is 0. The van der Waals surface area contributed by atoms with Crippen molar-refractivity contribution in [2.45, 2.75) is 0 Å². The Hall–Kier alpha value is -2.45. The van der Waals surface area contributed by atoms with E-state index in [2.05, 4.69) is 27.0 Å². The first-order valence-electron chi connectivity index (χ1n) is 5.05. The summed E-state index contributed by atoms with van der Waals surface area (Å²) in [5, 5.41) is 11.1. The fourth-order valence-electron chi connectivity index (χ4n) is 1.25. The quantitative estimate of drug-likeness (QED) is 0.376. The molecular weight excluding hydrogens is 269 g/mol. The molecule has 0 aromatic carbocycles. The lowest BCUT2D eigenvalue weighted by atomic mass is 10.2. The Morgan fingerprint density at radius 2 is 2.11 bits per heavy atom. The van der Waals surface area contributed by atoms with Gasteiger partial charge in [-0.15, -0.1) is 12.4 Å². The van der Waals surface area contributed by atoms with Crippen molar-refractivity contribution in [2.24, 2.45) is 5.16 Å². The zero-order valence-electron chi connectivity index (χ0n) is 9.62. The molecule has 0 saturated heterocycles. The Morgan fingerprint density at radius 3 is 2.79 bits per heavy atom. The molecule has 0 aliphatic heterocycles. The van der Waals surface area contributed by atoms with Crippen molar-refractivity contribution >= 4 is 18.6 Å². The first kappa shape index (κ1) is 14.6. The molecule has 2 rings (SSSR count). The van der Waals surface area contributed by atoms with Gasteiger partial charge in [-0.05, 0) is 30.2 Å². The van der Waals surface area contributed by atoms with E-state index in [1.807, 2.05) is 0 Å². The molecule has 2 aromatic heterocycles. The van der Waals surface area contributed by atoms with Crippen LogP contribution in [-0.2, 0) is 0 Å². The summed E-state index contributed by atoms with van der Waals surface area (Å²) >= 11 is 0. The van der Waals surface area contributed by atoms with E-state index >= 15 is 0 Å². The van der Waals surface area contributed by atoms with E-state index in [9.17, 15) is 4.39 Å². The fraction of sp³-hybridized carbons (Fsp3) is 0. The standard InChI is InChI=1S/C13H8FN3O.ClH/c14-12-6-5-11(17-13(12)9-16-18)4-3-10-2-1-7-15-8-10;/h1-2,5-9,18H;1H/b16-9+;. The molecule has 0 fully saturated rings. The molecule has 2 heterocycles. The Balaban J connectivity index is 0.00000180. The van der Waals surface area contributed by atoms with E-state index < -0.39 is 5.82 Å². The first-order chi connectivity index (χ1) is 8.79. The highest BCUT2D eigenvalue weighted by Crippen LogP contribution is 2.03. The van der Waals surface area contributed by atoms with Gasteiger partial charge in [-0.25, -0.2) is 9.37 Å². The van der Waals surface area contributed by atoms with E-state index in [4.69, 9.17) is 5.21 Å². The zero-order valence-corrected chi connectivity index (χ0v) is 10.4. The van der Waals surface area contributed by atoms with Crippen LogP contribution in [0.1, 0.15) is 17.0 Å². The molecule has 0 bridgehead atoms. The summed E-state index contributed by atoms with van der Waals surface area (Å²) in [6, 6.07) is 6.25. The number of aromatic nitrogens is 2. The maximum Gasteiger partial charge on any atom is 0.150 e. The lowest BCUT2D eigenvalue weighted by molar-refractivity contribution is 0.321. The second-order valence-electron chi connectivity index (χ2n) is 3.30. The van der Waals surface area contributed by atoms with Gasteiger partial charge in [0.15, 0.2) is 5.82 Å². The average Bonchev–Trinajstić information content (AvgIpc) is 2.41. The molecule has 0 amide bonds. The van der Waals surface area contributed by atoms with Crippen LogP contribution >= 0.6 is 12.4 Å². The van der Waals surface area contributed by atoms with Gasteiger partial charge in [0.1, 0.15) is 11.4 Å². The molecule has 0 aliphatic rings. The molecule has 19 heavy (non-hydrogen) atoms. The van der Waals surface area contributed by atoms with Crippen LogP contribution in [-0.4, -0.2) is 21.4 Å². The maximum atomic E-state index is 13.2. The topological polar surface area (TPSA) is 58.4 Å². The predicted octanol–water partition coefficient (Wildman–Crippen LogP) is 2.25. The van der Waals surface area contributed by atoms with Crippen molar-refractivity contribution < 1.29 is 9.60 Å². The van der Waals surface area contributed by atoms with Gasteiger partial charge in [-0.3, -0.25) is 4.98 Å². The van der Waals surface area contributed by atoms with Crippen molar-refractivity contribution in [1.29, 1.82) is 0 Å². The summed E-state index contributed by atoms with van der Waals surface area (Å²) in [6.07, 6.45) is 4.19. The van der Waals surface area contributed by atoms with Crippen molar-refractivity contribution in [1.82, 2.24) is 9.97 Å². The van der Waals surface area contributed by atoms with Gasteiger partial charge in [0.2, 0.25) is 0 Å². The molecule has 6 heteroatoms. The number of hydrogen-bond acceptors (Lipinski definition) is 4. The average molecular weight is 278 g/mol. The lowest BCUT2D eigenvalue weighted by Crippen LogP contribution is -1.95. The molecule has 0 aliphatic carbocycles. The van der Waals surface area contributed by atoms with E-state index in [-0.39, 0.29) is 18.1 Å². The van der Waals surface area contributed by atoms with Gasteiger partial charge in [0.25, 0.3) is 0 Å². The summed E-state index contributed by atoms with van der Waals surface area (Å²) in [5.74, 6) is 5.05. The first-order valence-corrected chi connectivity index (χ1v) is 5.05. The molecule has 0 spiro atoms. The highest BCUT2D eigenvalue weighted by Gasteiger charge is 2.01. The molecule has 0 saturated carbocycles. The second-order valence-corrected chi connectivity index (χ2v) is 3.30. The second kappa shape index (κ2) is 7.09. The molecular formula is C13H9ClFN3O. The largest absolute Gasteiger partial charge is 0.411 e. The van der Waals surface area contributed by atoms with Crippen LogP contribution in [0.15, 0.2) is 41.8 Å². The molecule has 2 aromatic rings. The molecule has 1 N–H and O–H groups in total. The van der Waals surface area contributed by atoms with E-state index in [1.54, 1.807) is 24.5 Å². The number of halogens is 2. The van der Waals surface area contributed by atoms with Crippen molar-refractivity contribution in [3.8, 4) is 11.8 Å². The van der Waals surface area contributed by atoms with E-state index in [0.29, 0.717) is 5.69 Å². The normalized spacial score (nSPS) is 9.53. The highest BCUT2D eigenvalue weighted by molar-refractivity contribution is 5.85. The Labute approximate surface area is 115 Å². The summed E-state index contributed by atoms with van der Waals surface area (Å²) in [4.78, 5) is 7.82. The van der Waals surface area contributed by atoms with Crippen LogP contribution < -0.4 is 0 Å². The molecule has 0 radical (unpaired) electrons. The Kier molecular flexibility index (Phi) is 5.45. The maximum absolute atomic E-state index is 13.2. The fourth-order valence-corrected chi connectivity index (χ4v) is 1.25. The van der Waals surface area contributed by atoms with Crippen LogP contribution in [0.3, 0.4) is 0 Å². The summed E-state index contributed by atoms with van der Waals surface area (Å²) in [6.45, 7) is 0. The van der Waals surface area contributed by atoms with Gasteiger partial charge in [-0.2, -0.15) is 0 Å². The lowest BCUT2D eigenvalue weighted by Gasteiger charge is -1.95. The SMILES string of the molecule is Cl.O/N=C/c1nc(C#Cc2cccnc2)ccc1F. The van der Waals surface area contributed by atoms with Gasteiger partial charge in [-0.1, -0.05) is 11.1 Å². The molecule has 0 atom stereocenters.